The second kappa shape index (κ2) is 10.9. The monoisotopic (exact) mass is 426 g/mol. The number of nitrogens with one attached hydrogen (secondary N) is 3. The van der Waals surface area contributed by atoms with Gasteiger partial charge in [0, 0.05) is 24.7 Å². The van der Waals surface area contributed by atoms with E-state index in [2.05, 4.69) is 20.3 Å². The average molecular weight is 427 g/mol. The molecule has 3 unspecified atom stereocenters. The van der Waals surface area contributed by atoms with Crippen molar-refractivity contribution in [1.82, 2.24) is 15.6 Å². The Morgan fingerprint density at radius 3 is 2.57 bits per heavy atom. The van der Waals surface area contributed by atoms with Gasteiger partial charge in [-0.25, -0.2) is 9.19 Å². The van der Waals surface area contributed by atoms with Crippen molar-refractivity contribution < 1.29 is 24.0 Å². The predicted molar refractivity (Wildman–Crippen MR) is 107 cm³/mol. The zero-order valence-electron chi connectivity index (χ0n) is 15.1. The third-order valence-electron chi connectivity index (χ3n) is 3.61. The third-order valence-corrected chi connectivity index (χ3v) is 4.98. The Morgan fingerprint density at radius 2 is 1.89 bits per heavy atom. The molecule has 2 aromatic rings. The molecule has 0 aliphatic heterocycles. The van der Waals surface area contributed by atoms with Gasteiger partial charge in [0.1, 0.15) is 16.7 Å². The minimum atomic E-state index is -1.33. The van der Waals surface area contributed by atoms with Crippen LogP contribution in [0, 0.1) is 0 Å². The molecule has 1 aromatic heterocycles. The van der Waals surface area contributed by atoms with Crippen molar-refractivity contribution in [2.45, 2.75) is 25.2 Å². The maximum atomic E-state index is 12.0. The van der Waals surface area contributed by atoms with Crippen LogP contribution in [0.3, 0.4) is 0 Å². The van der Waals surface area contributed by atoms with E-state index in [0.29, 0.717) is 11.7 Å². The summed E-state index contributed by atoms with van der Waals surface area (Å²) in [5, 5.41) is 26.8. The van der Waals surface area contributed by atoms with Crippen molar-refractivity contribution in [3.8, 4) is 0 Å². The van der Waals surface area contributed by atoms with E-state index >= 15 is 0 Å². The molecule has 1 aromatic carbocycles. The summed E-state index contributed by atoms with van der Waals surface area (Å²) in [5.41, 5.74) is 1.02. The van der Waals surface area contributed by atoms with Crippen molar-refractivity contribution in [2.75, 3.05) is 17.5 Å². The predicted octanol–water partition coefficient (Wildman–Crippen LogP) is 0.00660. The van der Waals surface area contributed by atoms with Gasteiger partial charge in [0.25, 0.3) is 5.91 Å². The Balaban J connectivity index is 1.73. The number of aliphatic hydroxyl groups is 2. The smallest absolute Gasteiger partial charge is 0.270 e. The van der Waals surface area contributed by atoms with E-state index in [-0.39, 0.29) is 18.7 Å². The highest BCUT2D eigenvalue weighted by Gasteiger charge is 2.21. The summed E-state index contributed by atoms with van der Waals surface area (Å²) in [6.07, 6.45) is -1.50. The molecule has 0 fully saturated rings. The van der Waals surface area contributed by atoms with Gasteiger partial charge in [-0.3, -0.25) is 14.3 Å². The minimum absolute atomic E-state index is 0.0974. The zero-order chi connectivity index (χ0) is 20.5. The van der Waals surface area contributed by atoms with E-state index in [9.17, 15) is 24.0 Å². The Labute approximate surface area is 168 Å². The molecule has 0 saturated carbocycles. The van der Waals surface area contributed by atoms with Crippen molar-refractivity contribution in [3.63, 3.8) is 0 Å². The van der Waals surface area contributed by atoms with Crippen LogP contribution in [0.15, 0.2) is 35.7 Å². The lowest BCUT2D eigenvalue weighted by atomic mass is 10.1. The zero-order valence-corrected chi connectivity index (χ0v) is 16.8. The SMILES string of the molecule is CS(=O)Nc1nc(C(=O)NCC(O)C(O)CC(=O)NCc2ccccc2)cs1. The van der Waals surface area contributed by atoms with Crippen LogP contribution in [0.5, 0.6) is 0 Å². The molecule has 0 spiro atoms. The summed E-state index contributed by atoms with van der Waals surface area (Å²) >= 11 is 1.12. The summed E-state index contributed by atoms with van der Waals surface area (Å²) in [7, 11) is -1.30. The lowest BCUT2D eigenvalue weighted by Crippen LogP contribution is -2.41. The van der Waals surface area contributed by atoms with Crippen molar-refractivity contribution in [2.24, 2.45) is 0 Å². The second-order valence-corrected chi connectivity index (χ2v) is 7.88. The fourth-order valence-corrected chi connectivity index (χ4v) is 3.54. The van der Waals surface area contributed by atoms with Crippen molar-refractivity contribution in [1.29, 1.82) is 0 Å². The van der Waals surface area contributed by atoms with Crippen molar-refractivity contribution in [3.05, 3.63) is 47.0 Å². The van der Waals surface area contributed by atoms with E-state index in [1.165, 1.54) is 11.6 Å². The Morgan fingerprint density at radius 1 is 1.18 bits per heavy atom. The Kier molecular flexibility index (Phi) is 8.51. The normalized spacial score (nSPS) is 14.0. The summed E-state index contributed by atoms with van der Waals surface area (Å²) in [6.45, 7) is 0.0773. The van der Waals surface area contributed by atoms with Crippen molar-refractivity contribution >= 4 is 39.3 Å². The summed E-state index contributed by atoms with van der Waals surface area (Å²) in [6, 6.07) is 9.29. The number of hydrogen-bond donors (Lipinski definition) is 5. The van der Waals surface area contributed by atoms with Crippen LogP contribution in [0.2, 0.25) is 0 Å². The summed E-state index contributed by atoms with van der Waals surface area (Å²) in [4.78, 5) is 27.9. The molecule has 3 atom stereocenters. The lowest BCUT2D eigenvalue weighted by molar-refractivity contribution is -0.124. The van der Waals surface area contributed by atoms with Crippen LogP contribution >= 0.6 is 11.3 Å². The number of anilines is 1. The van der Waals surface area contributed by atoms with Gasteiger partial charge in [0.05, 0.1) is 18.6 Å². The minimum Gasteiger partial charge on any atom is -0.390 e. The first-order valence-corrected chi connectivity index (χ1v) is 10.8. The Hall–Kier alpha value is -2.34. The van der Waals surface area contributed by atoms with E-state index in [0.717, 1.165) is 16.9 Å². The van der Waals surface area contributed by atoms with E-state index in [1.54, 1.807) is 0 Å². The molecule has 0 saturated heterocycles. The maximum absolute atomic E-state index is 12.0. The first-order valence-electron chi connectivity index (χ1n) is 8.35. The average Bonchev–Trinajstić information content (AvgIpc) is 3.12. The van der Waals surface area contributed by atoms with Gasteiger partial charge in [-0.15, -0.1) is 11.3 Å². The number of aromatic nitrogens is 1. The largest absolute Gasteiger partial charge is 0.390 e. The molecule has 9 nitrogen and oxygen atoms in total. The number of nitrogens with zero attached hydrogens (tertiary/aromatic N) is 1. The molecule has 1 heterocycles. The topological polar surface area (TPSA) is 141 Å². The molecule has 28 heavy (non-hydrogen) atoms. The van der Waals surface area contributed by atoms with Gasteiger partial charge in [-0.1, -0.05) is 30.3 Å². The van der Waals surface area contributed by atoms with Crippen LogP contribution in [0.25, 0.3) is 0 Å². The number of thiazole rings is 1. The highest BCUT2D eigenvalue weighted by molar-refractivity contribution is 7.85. The molecular weight excluding hydrogens is 404 g/mol. The van der Waals surface area contributed by atoms with Gasteiger partial charge in [-0.05, 0) is 5.56 Å². The fraction of sp³-hybridized carbons (Fsp3) is 0.353. The summed E-state index contributed by atoms with van der Waals surface area (Å²) in [5.74, 6) is -0.963. The van der Waals surface area contributed by atoms with Crippen LogP contribution < -0.4 is 15.4 Å². The number of amides is 2. The third kappa shape index (κ3) is 7.35. The first kappa shape index (κ1) is 22.0. The quantitative estimate of drug-likeness (QED) is 0.362. The molecule has 0 aliphatic rings. The molecule has 2 rings (SSSR count). The highest BCUT2D eigenvalue weighted by Crippen LogP contribution is 2.15. The van der Waals surface area contributed by atoms with Crippen LogP contribution in [-0.4, -0.2) is 56.2 Å². The number of aliphatic hydroxyl groups excluding tert-OH is 2. The molecule has 0 radical (unpaired) electrons. The molecule has 152 valence electrons. The molecule has 11 heteroatoms. The van der Waals surface area contributed by atoms with Gasteiger partial charge in [0.15, 0.2) is 5.13 Å². The number of carbonyl (C=O) groups excluding carboxylic acids is 2. The molecule has 2 amide bonds. The number of carbonyl (C=O) groups is 2. The lowest BCUT2D eigenvalue weighted by Gasteiger charge is -2.17. The van der Waals surface area contributed by atoms with Crippen LogP contribution in [-0.2, 0) is 22.3 Å². The second-order valence-electron chi connectivity index (χ2n) is 5.91. The highest BCUT2D eigenvalue weighted by atomic mass is 32.2. The molecular formula is C17H22N4O5S2. The molecule has 5 N–H and O–H groups in total. The van der Waals surface area contributed by atoms with Gasteiger partial charge < -0.3 is 20.8 Å². The van der Waals surface area contributed by atoms with E-state index < -0.39 is 35.0 Å². The van der Waals surface area contributed by atoms with E-state index in [1.807, 2.05) is 30.3 Å². The molecule has 0 bridgehead atoms. The maximum Gasteiger partial charge on any atom is 0.270 e. The number of benzene rings is 1. The van der Waals surface area contributed by atoms with Crippen LogP contribution in [0.4, 0.5) is 5.13 Å². The van der Waals surface area contributed by atoms with Gasteiger partial charge >= 0.3 is 0 Å². The fourth-order valence-electron chi connectivity index (χ4n) is 2.17. The van der Waals surface area contributed by atoms with Crippen LogP contribution in [0.1, 0.15) is 22.5 Å². The number of hydrogen-bond acceptors (Lipinski definition) is 7. The first-order chi connectivity index (χ1) is 13.3. The Bertz CT molecular complexity index is 815. The molecule has 0 aliphatic carbocycles. The number of rotatable bonds is 10. The summed E-state index contributed by atoms with van der Waals surface area (Å²) < 4.78 is 13.6. The van der Waals surface area contributed by atoms with E-state index in [4.69, 9.17) is 0 Å². The van der Waals surface area contributed by atoms with Gasteiger partial charge in [-0.2, -0.15) is 0 Å². The van der Waals surface area contributed by atoms with Gasteiger partial charge in [0.2, 0.25) is 5.91 Å². The standard InChI is InChI=1S/C17H22N4O5S2/c1-28(26)21-17-20-12(10-27-17)16(25)19-9-14(23)13(22)7-15(24)18-8-11-5-3-2-4-6-11/h2-6,10,13-14,22-23H,7-9H2,1H3,(H,18,24)(H,19,25)(H,20,21).